The molecule has 2 atom stereocenters. The minimum atomic E-state index is -0.816. The van der Waals surface area contributed by atoms with Crippen molar-refractivity contribution in [3.05, 3.63) is 76.3 Å². The molecule has 0 saturated heterocycles. The van der Waals surface area contributed by atoms with Crippen LogP contribution in [0.25, 0.3) is 6.08 Å². The molecule has 2 nitrogen and oxygen atoms in total. The van der Waals surface area contributed by atoms with E-state index in [9.17, 15) is 5.11 Å². The molecule has 0 aliphatic heterocycles. The van der Waals surface area contributed by atoms with E-state index in [0.29, 0.717) is 6.42 Å². The summed E-state index contributed by atoms with van der Waals surface area (Å²) in [5, 5.41) is 12.6. The second kappa shape index (κ2) is 8.39. The number of rotatable bonds is 5. The van der Waals surface area contributed by atoms with Crippen LogP contribution in [0.3, 0.4) is 0 Å². The maximum absolute atomic E-state index is 11.9. The zero-order chi connectivity index (χ0) is 18.6. The molecule has 2 aromatic rings. The zero-order valence-electron chi connectivity index (χ0n) is 15.7. The van der Waals surface area contributed by atoms with Gasteiger partial charge in [0.15, 0.2) is 0 Å². The van der Waals surface area contributed by atoms with Gasteiger partial charge in [0, 0.05) is 23.9 Å². The number of benzene rings is 2. The third kappa shape index (κ3) is 4.56. The van der Waals surface area contributed by atoms with Crippen LogP contribution in [0.2, 0.25) is 5.02 Å². The second-order valence-electron chi connectivity index (χ2n) is 7.66. The molecular weight excluding hydrogens is 342 g/mol. The summed E-state index contributed by atoms with van der Waals surface area (Å²) < 4.78 is 0. The Morgan fingerprint density at radius 1 is 1.12 bits per heavy atom. The van der Waals surface area contributed by atoms with Gasteiger partial charge < -0.3 is 10.0 Å². The van der Waals surface area contributed by atoms with Crippen molar-refractivity contribution >= 4 is 17.7 Å². The first kappa shape index (κ1) is 19.2. The van der Waals surface area contributed by atoms with E-state index in [-0.39, 0.29) is 5.92 Å². The van der Waals surface area contributed by atoms with E-state index in [1.165, 1.54) is 5.56 Å². The molecule has 0 spiro atoms. The quantitative estimate of drug-likeness (QED) is 0.796. The predicted molar refractivity (Wildman–Crippen MR) is 110 cm³/mol. The van der Waals surface area contributed by atoms with Crippen LogP contribution in [0.4, 0.5) is 0 Å². The van der Waals surface area contributed by atoms with Crippen molar-refractivity contribution < 1.29 is 5.11 Å². The average molecular weight is 370 g/mol. The lowest BCUT2D eigenvalue weighted by atomic mass is 9.68. The molecule has 2 aromatic carbocycles. The van der Waals surface area contributed by atoms with Crippen LogP contribution in [0.5, 0.6) is 0 Å². The fourth-order valence-corrected chi connectivity index (χ4v) is 4.19. The first-order chi connectivity index (χ1) is 12.5. The third-order valence-electron chi connectivity index (χ3n) is 5.34. The van der Waals surface area contributed by atoms with E-state index in [4.69, 9.17) is 11.6 Å². The molecule has 1 aliphatic rings. The largest absolute Gasteiger partial charge is 0.385 e. The van der Waals surface area contributed by atoms with Crippen LogP contribution in [0.1, 0.15) is 30.4 Å². The Kier molecular flexibility index (Phi) is 6.18. The Morgan fingerprint density at radius 3 is 2.46 bits per heavy atom. The molecule has 0 aromatic heterocycles. The summed E-state index contributed by atoms with van der Waals surface area (Å²) in [7, 11) is 4.17. The SMILES string of the molecule is CN(C)CC1CCC/C(=C/c2ccc(Cl)cc2)C1(O)Cc1ccccc1. The van der Waals surface area contributed by atoms with Crippen molar-refractivity contribution in [3.63, 3.8) is 0 Å². The van der Waals surface area contributed by atoms with Crippen LogP contribution in [0.15, 0.2) is 60.2 Å². The number of hydrogen-bond acceptors (Lipinski definition) is 2. The summed E-state index contributed by atoms with van der Waals surface area (Å²) in [5.74, 6) is 0.227. The van der Waals surface area contributed by atoms with Gasteiger partial charge in [-0.25, -0.2) is 0 Å². The fourth-order valence-electron chi connectivity index (χ4n) is 4.06. The standard InChI is InChI=1S/C23H28ClNO/c1-25(2)17-21-10-6-9-20(15-18-11-13-22(24)14-12-18)23(21,26)16-19-7-4-3-5-8-19/h3-5,7-8,11-15,21,26H,6,9-10,16-17H2,1-2H3/b20-15-. The van der Waals surface area contributed by atoms with Gasteiger partial charge in [-0.3, -0.25) is 0 Å². The minimum absolute atomic E-state index is 0.227. The van der Waals surface area contributed by atoms with Gasteiger partial charge in [-0.05, 0) is 62.2 Å². The van der Waals surface area contributed by atoms with Gasteiger partial charge in [-0.2, -0.15) is 0 Å². The van der Waals surface area contributed by atoms with Crippen molar-refractivity contribution in [1.82, 2.24) is 4.90 Å². The van der Waals surface area contributed by atoms with Crippen LogP contribution in [-0.2, 0) is 6.42 Å². The highest BCUT2D eigenvalue weighted by atomic mass is 35.5. The molecule has 3 heteroatoms. The first-order valence-corrected chi connectivity index (χ1v) is 9.73. The zero-order valence-corrected chi connectivity index (χ0v) is 16.4. The maximum Gasteiger partial charge on any atom is 0.0940 e. The molecule has 0 amide bonds. The van der Waals surface area contributed by atoms with E-state index in [1.54, 1.807) is 0 Å². The molecule has 138 valence electrons. The van der Waals surface area contributed by atoms with Gasteiger partial charge in [-0.1, -0.05) is 60.1 Å². The van der Waals surface area contributed by atoms with Crippen LogP contribution >= 0.6 is 11.6 Å². The van der Waals surface area contributed by atoms with E-state index in [1.807, 2.05) is 42.5 Å². The summed E-state index contributed by atoms with van der Waals surface area (Å²) in [6.45, 7) is 0.890. The Morgan fingerprint density at radius 2 is 1.81 bits per heavy atom. The van der Waals surface area contributed by atoms with Gasteiger partial charge in [0.1, 0.15) is 0 Å². The summed E-state index contributed by atoms with van der Waals surface area (Å²) in [4.78, 5) is 2.19. The summed E-state index contributed by atoms with van der Waals surface area (Å²) in [6.07, 6.45) is 5.94. The second-order valence-corrected chi connectivity index (χ2v) is 8.10. The molecule has 1 saturated carbocycles. The maximum atomic E-state index is 11.9. The fraction of sp³-hybridized carbons (Fsp3) is 0.391. The average Bonchev–Trinajstić information content (AvgIpc) is 2.61. The molecule has 3 rings (SSSR count). The monoisotopic (exact) mass is 369 g/mol. The lowest BCUT2D eigenvalue weighted by Crippen LogP contribution is -2.48. The Labute approximate surface area is 162 Å². The molecule has 26 heavy (non-hydrogen) atoms. The molecule has 2 unspecified atom stereocenters. The van der Waals surface area contributed by atoms with E-state index >= 15 is 0 Å². The van der Waals surface area contributed by atoms with E-state index < -0.39 is 5.60 Å². The van der Waals surface area contributed by atoms with Gasteiger partial charge >= 0.3 is 0 Å². The number of nitrogens with zero attached hydrogens (tertiary/aromatic N) is 1. The van der Waals surface area contributed by atoms with Crippen LogP contribution in [-0.4, -0.2) is 36.2 Å². The molecule has 1 aliphatic carbocycles. The van der Waals surface area contributed by atoms with Gasteiger partial charge in [-0.15, -0.1) is 0 Å². The van der Waals surface area contributed by atoms with Gasteiger partial charge in [0.05, 0.1) is 5.60 Å². The number of aliphatic hydroxyl groups is 1. The van der Waals surface area contributed by atoms with Crippen molar-refractivity contribution in [1.29, 1.82) is 0 Å². The summed E-state index contributed by atoms with van der Waals surface area (Å²) in [6, 6.07) is 18.2. The van der Waals surface area contributed by atoms with Crippen molar-refractivity contribution in [3.8, 4) is 0 Å². The third-order valence-corrected chi connectivity index (χ3v) is 5.60. The molecule has 1 fully saturated rings. The Balaban J connectivity index is 1.97. The first-order valence-electron chi connectivity index (χ1n) is 9.35. The Hall–Kier alpha value is -1.61. The highest BCUT2D eigenvalue weighted by Crippen LogP contribution is 2.41. The lowest BCUT2D eigenvalue weighted by molar-refractivity contribution is -0.0123. The summed E-state index contributed by atoms with van der Waals surface area (Å²) in [5.41, 5.74) is 2.61. The minimum Gasteiger partial charge on any atom is -0.385 e. The Bertz CT molecular complexity index is 739. The van der Waals surface area contributed by atoms with E-state index in [0.717, 1.165) is 42.0 Å². The smallest absolute Gasteiger partial charge is 0.0940 e. The van der Waals surface area contributed by atoms with Crippen LogP contribution in [0, 0.1) is 5.92 Å². The highest BCUT2D eigenvalue weighted by molar-refractivity contribution is 6.30. The van der Waals surface area contributed by atoms with Crippen molar-refractivity contribution in [2.24, 2.45) is 5.92 Å². The summed E-state index contributed by atoms with van der Waals surface area (Å²) >= 11 is 6.02. The molecule has 0 radical (unpaired) electrons. The van der Waals surface area contributed by atoms with Gasteiger partial charge in [0.25, 0.3) is 0 Å². The van der Waals surface area contributed by atoms with Crippen molar-refractivity contribution in [2.45, 2.75) is 31.3 Å². The molecule has 0 bridgehead atoms. The molecule has 0 heterocycles. The normalized spacial score (nSPS) is 25.0. The topological polar surface area (TPSA) is 23.5 Å². The highest BCUT2D eigenvalue weighted by Gasteiger charge is 2.42. The number of hydrogen-bond donors (Lipinski definition) is 1. The lowest BCUT2D eigenvalue weighted by Gasteiger charge is -2.43. The van der Waals surface area contributed by atoms with Crippen molar-refractivity contribution in [2.75, 3.05) is 20.6 Å². The van der Waals surface area contributed by atoms with E-state index in [2.05, 4.69) is 37.2 Å². The molecule has 1 N–H and O–H groups in total. The predicted octanol–water partition coefficient (Wildman–Crippen LogP) is 5.06. The van der Waals surface area contributed by atoms with Crippen LogP contribution < -0.4 is 0 Å². The van der Waals surface area contributed by atoms with Gasteiger partial charge in [0.2, 0.25) is 0 Å². The number of halogens is 1. The molecular formula is C23H28ClNO.